The fourth-order valence-corrected chi connectivity index (χ4v) is 7.27. The average Bonchev–Trinajstić information content (AvgIpc) is 3.29. The van der Waals surface area contributed by atoms with Crippen molar-refractivity contribution in [3.8, 4) is 45.3 Å². The molecule has 0 atom stereocenters. The molecule has 344 valence electrons. The van der Waals surface area contributed by atoms with Crippen LogP contribution in [0.1, 0.15) is 73.1 Å². The summed E-state index contributed by atoms with van der Waals surface area (Å²) in [5.41, 5.74) is 1.69. The van der Waals surface area contributed by atoms with Crippen LogP contribution in [0, 0.1) is 28.3 Å². The Morgan fingerprint density at radius 3 is 1.31 bits per heavy atom. The topological polar surface area (TPSA) is 108 Å². The third kappa shape index (κ3) is 12.5. The number of unbranched alkanes of at least 4 members (excludes halogenated alkanes) is 2. The first-order chi connectivity index (χ1) is 31.6. The normalized spacial score (nSPS) is 14.8. The molecule has 0 amide bonds. The summed E-state index contributed by atoms with van der Waals surface area (Å²) >= 11 is 0. The molecule has 5 aromatic carbocycles. The summed E-state index contributed by atoms with van der Waals surface area (Å²) in [6.07, 6.45) is 5.41. The Morgan fingerprint density at radius 1 is 0.508 bits per heavy atom. The Morgan fingerprint density at radius 2 is 0.908 bits per heavy atom. The molecule has 2 fully saturated rings. The maximum atomic E-state index is 15.5. The molecule has 13 heteroatoms. The standard InChI is InChI=1S/C52H55F3O10/c1-3-51(32-60-33-51)30-58-23-5-7-25-62-41-16-9-36(10-17-41)49(56)64-47-21-14-39(28-45(47)54)38-13-20-43(44(53)27-38)40-15-22-48(46(55)29-40)65-50(57)37-11-18-42(19-12-37)63-26-8-6-24-59-31-52(4-2)34-61-35-52/h9-22,27-29H,3-8,23-26,30-35H2,1-2H3. The number of esters is 2. The Balaban J connectivity index is 0.841. The van der Waals surface area contributed by atoms with Gasteiger partial charge in [0.1, 0.15) is 17.3 Å². The summed E-state index contributed by atoms with van der Waals surface area (Å²) in [5, 5.41) is 0. The lowest BCUT2D eigenvalue weighted by Crippen LogP contribution is -2.45. The lowest BCUT2D eigenvalue weighted by molar-refractivity contribution is -0.150. The van der Waals surface area contributed by atoms with E-state index in [1.54, 1.807) is 42.5 Å². The third-order valence-corrected chi connectivity index (χ3v) is 11.9. The van der Waals surface area contributed by atoms with E-state index in [-0.39, 0.29) is 44.6 Å². The summed E-state index contributed by atoms with van der Waals surface area (Å²) in [7, 11) is 0. The molecule has 0 spiro atoms. The predicted molar refractivity (Wildman–Crippen MR) is 238 cm³/mol. The Kier molecular flexibility index (Phi) is 16.3. The number of carbonyl (C=O) groups is 2. The molecule has 2 heterocycles. The van der Waals surface area contributed by atoms with E-state index >= 15 is 13.2 Å². The molecule has 0 bridgehead atoms. The highest BCUT2D eigenvalue weighted by molar-refractivity contribution is 5.92. The number of halogens is 3. The largest absolute Gasteiger partial charge is 0.494 e. The van der Waals surface area contributed by atoms with Crippen molar-refractivity contribution in [2.24, 2.45) is 10.8 Å². The fraction of sp³-hybridized carbons (Fsp3) is 0.385. The maximum absolute atomic E-state index is 15.5. The minimum atomic E-state index is -0.862. The highest BCUT2D eigenvalue weighted by Gasteiger charge is 2.37. The van der Waals surface area contributed by atoms with Crippen molar-refractivity contribution in [3.05, 3.63) is 132 Å². The van der Waals surface area contributed by atoms with Gasteiger partial charge in [0, 0.05) is 29.6 Å². The van der Waals surface area contributed by atoms with E-state index in [9.17, 15) is 9.59 Å². The van der Waals surface area contributed by atoms with Gasteiger partial charge in [-0.2, -0.15) is 0 Å². The van der Waals surface area contributed by atoms with Crippen LogP contribution in [0.25, 0.3) is 22.3 Å². The first-order valence-corrected chi connectivity index (χ1v) is 22.2. The van der Waals surface area contributed by atoms with Gasteiger partial charge in [0.05, 0.1) is 64.0 Å². The van der Waals surface area contributed by atoms with Crippen LogP contribution in [0.3, 0.4) is 0 Å². The molecule has 0 unspecified atom stereocenters. The second-order valence-electron chi connectivity index (χ2n) is 16.7. The van der Waals surface area contributed by atoms with Crippen molar-refractivity contribution < 1.29 is 60.7 Å². The molecule has 10 nitrogen and oxygen atoms in total. The van der Waals surface area contributed by atoms with E-state index in [1.165, 1.54) is 48.5 Å². The monoisotopic (exact) mass is 896 g/mol. The van der Waals surface area contributed by atoms with E-state index in [1.807, 2.05) is 0 Å². The number of ether oxygens (including phenoxy) is 8. The number of rotatable bonds is 24. The highest BCUT2D eigenvalue weighted by Crippen LogP contribution is 2.34. The minimum Gasteiger partial charge on any atom is -0.494 e. The minimum absolute atomic E-state index is 0.0786. The zero-order valence-corrected chi connectivity index (χ0v) is 36.8. The van der Waals surface area contributed by atoms with Crippen molar-refractivity contribution in [1.82, 2.24) is 0 Å². The van der Waals surface area contributed by atoms with E-state index in [4.69, 9.17) is 37.9 Å². The number of carbonyl (C=O) groups excluding carboxylic acids is 2. The first-order valence-electron chi connectivity index (χ1n) is 22.2. The summed E-state index contributed by atoms with van der Waals surface area (Å²) in [5.74, 6) is -3.34. The van der Waals surface area contributed by atoms with Crippen molar-refractivity contribution >= 4 is 11.9 Å². The van der Waals surface area contributed by atoms with Gasteiger partial charge in [0.25, 0.3) is 0 Å². The van der Waals surface area contributed by atoms with Crippen LogP contribution in [-0.4, -0.2) is 78.0 Å². The summed E-state index contributed by atoms with van der Waals surface area (Å²) in [6, 6.07) is 24.6. The molecule has 0 aliphatic carbocycles. The van der Waals surface area contributed by atoms with E-state index in [0.717, 1.165) is 77.1 Å². The van der Waals surface area contributed by atoms with E-state index in [2.05, 4.69) is 13.8 Å². The van der Waals surface area contributed by atoms with Crippen LogP contribution in [0.5, 0.6) is 23.0 Å². The molecule has 2 saturated heterocycles. The lowest BCUT2D eigenvalue weighted by Gasteiger charge is -2.40. The van der Waals surface area contributed by atoms with Gasteiger partial charge in [-0.1, -0.05) is 38.1 Å². The van der Waals surface area contributed by atoms with Gasteiger partial charge in [-0.15, -0.1) is 0 Å². The van der Waals surface area contributed by atoms with Crippen molar-refractivity contribution in [1.29, 1.82) is 0 Å². The number of benzene rings is 5. The fourth-order valence-electron chi connectivity index (χ4n) is 7.27. The zero-order chi connectivity index (χ0) is 45.7. The van der Waals surface area contributed by atoms with Crippen LogP contribution >= 0.6 is 0 Å². The maximum Gasteiger partial charge on any atom is 0.343 e. The molecule has 0 N–H and O–H groups in total. The van der Waals surface area contributed by atoms with Crippen LogP contribution in [-0.2, 0) is 18.9 Å². The molecule has 65 heavy (non-hydrogen) atoms. The molecule has 0 aromatic heterocycles. The molecule has 2 aliphatic rings. The van der Waals surface area contributed by atoms with Gasteiger partial charge < -0.3 is 37.9 Å². The van der Waals surface area contributed by atoms with Gasteiger partial charge in [-0.05, 0) is 134 Å². The van der Waals surface area contributed by atoms with Crippen LogP contribution in [0.4, 0.5) is 13.2 Å². The third-order valence-electron chi connectivity index (χ3n) is 11.9. The second kappa shape index (κ2) is 22.4. The molecular formula is C52H55F3O10. The summed E-state index contributed by atoms with van der Waals surface area (Å²) in [6.45, 7) is 11.0. The van der Waals surface area contributed by atoms with Gasteiger partial charge in [-0.3, -0.25) is 0 Å². The number of hydrogen-bond acceptors (Lipinski definition) is 10. The Labute approximate surface area is 377 Å². The highest BCUT2D eigenvalue weighted by atomic mass is 19.1. The average molecular weight is 897 g/mol. The molecule has 2 aliphatic heterocycles. The smallest absolute Gasteiger partial charge is 0.343 e. The SMILES string of the molecule is CCC1(COCCCCOc2ccc(C(=O)Oc3ccc(-c4ccc(-c5ccc(OC(=O)c6ccc(OCCCCOCC7(CC)COC7)cc6)c(F)c5)c(F)c4)cc3F)cc2)COC1. The second-order valence-corrected chi connectivity index (χ2v) is 16.7. The molecule has 0 radical (unpaired) electrons. The summed E-state index contributed by atoms with van der Waals surface area (Å²) < 4.78 is 90.4. The quantitative estimate of drug-likeness (QED) is 0.0337. The first kappa shape index (κ1) is 47.2. The predicted octanol–water partition coefficient (Wildman–Crippen LogP) is 11.1. The molecule has 7 rings (SSSR count). The van der Waals surface area contributed by atoms with Gasteiger partial charge in [0.15, 0.2) is 23.1 Å². The number of hydrogen-bond donors (Lipinski definition) is 0. The lowest BCUT2D eigenvalue weighted by atomic mass is 9.84. The van der Waals surface area contributed by atoms with Crippen LogP contribution in [0.15, 0.2) is 103 Å². The van der Waals surface area contributed by atoms with Gasteiger partial charge >= 0.3 is 11.9 Å². The summed E-state index contributed by atoms with van der Waals surface area (Å²) in [4.78, 5) is 25.7. The molecule has 5 aromatic rings. The van der Waals surface area contributed by atoms with Gasteiger partial charge in [-0.25, -0.2) is 22.8 Å². The van der Waals surface area contributed by atoms with Crippen molar-refractivity contribution in [3.63, 3.8) is 0 Å². The van der Waals surface area contributed by atoms with Crippen molar-refractivity contribution in [2.45, 2.75) is 52.4 Å². The zero-order valence-electron chi connectivity index (χ0n) is 36.8. The molecule has 0 saturated carbocycles. The Hall–Kier alpha value is -5.73. The molecular weight excluding hydrogens is 842 g/mol. The van der Waals surface area contributed by atoms with E-state index < -0.39 is 29.4 Å². The van der Waals surface area contributed by atoms with Crippen LogP contribution < -0.4 is 18.9 Å². The van der Waals surface area contributed by atoms with E-state index in [0.29, 0.717) is 62.3 Å². The van der Waals surface area contributed by atoms with Gasteiger partial charge in [0.2, 0.25) is 0 Å². The Bertz CT molecular complexity index is 2350. The van der Waals surface area contributed by atoms with Crippen LogP contribution in [0.2, 0.25) is 0 Å². The van der Waals surface area contributed by atoms with Crippen molar-refractivity contribution in [2.75, 3.05) is 66.1 Å².